The molecule has 4 nitrogen and oxygen atoms in total. The summed E-state index contributed by atoms with van der Waals surface area (Å²) < 4.78 is 5.33. The maximum atomic E-state index is 6.07. The van der Waals surface area contributed by atoms with Crippen LogP contribution >= 0.6 is 11.6 Å². The topological polar surface area (TPSA) is 63.9 Å². The van der Waals surface area contributed by atoms with Gasteiger partial charge in [0.25, 0.3) is 0 Å². The maximum absolute atomic E-state index is 6.07. The molecule has 0 unspecified atom stereocenters. The van der Waals surface area contributed by atoms with Gasteiger partial charge in [0.2, 0.25) is 0 Å². The predicted octanol–water partition coefficient (Wildman–Crippen LogP) is 3.47. The minimum absolute atomic E-state index is 0.483. The Morgan fingerprint density at radius 2 is 2.05 bits per heavy atom. The third-order valence-electron chi connectivity index (χ3n) is 2.96. The Bertz CT molecular complexity index is 719. The highest BCUT2D eigenvalue weighted by Crippen LogP contribution is 2.35. The molecule has 0 fully saturated rings. The fourth-order valence-corrected chi connectivity index (χ4v) is 2.17. The van der Waals surface area contributed by atoms with Crippen molar-refractivity contribution in [3.05, 3.63) is 41.4 Å². The zero-order valence-electron chi connectivity index (χ0n) is 10.3. The van der Waals surface area contributed by atoms with Crippen molar-refractivity contribution in [1.29, 1.82) is 0 Å². The van der Waals surface area contributed by atoms with Crippen LogP contribution in [0.4, 0.5) is 5.69 Å². The molecule has 96 valence electrons. The first-order chi connectivity index (χ1) is 9.19. The number of methoxy groups -OCH3 is 1. The Morgan fingerprint density at radius 1 is 1.26 bits per heavy atom. The average Bonchev–Trinajstić information content (AvgIpc) is 2.85. The number of para-hydroxylation sites is 2. The molecule has 0 spiro atoms. The smallest absolute Gasteiger partial charge is 0.142 e. The van der Waals surface area contributed by atoms with Gasteiger partial charge >= 0.3 is 0 Å². The summed E-state index contributed by atoms with van der Waals surface area (Å²) in [5.41, 5.74) is 8.91. The zero-order chi connectivity index (χ0) is 13.4. The number of rotatable bonds is 2. The molecule has 0 saturated carbocycles. The van der Waals surface area contributed by atoms with Crippen LogP contribution in [-0.4, -0.2) is 17.1 Å². The van der Waals surface area contributed by atoms with E-state index < -0.39 is 0 Å². The van der Waals surface area contributed by atoms with Crippen molar-refractivity contribution in [2.45, 2.75) is 0 Å². The monoisotopic (exact) mass is 273 g/mol. The normalized spacial score (nSPS) is 10.8. The van der Waals surface area contributed by atoms with Gasteiger partial charge in [-0.2, -0.15) is 0 Å². The van der Waals surface area contributed by atoms with Gasteiger partial charge in [0, 0.05) is 6.07 Å². The van der Waals surface area contributed by atoms with Crippen LogP contribution in [-0.2, 0) is 0 Å². The van der Waals surface area contributed by atoms with Gasteiger partial charge in [0.05, 0.1) is 34.4 Å². The number of imidazole rings is 1. The van der Waals surface area contributed by atoms with E-state index in [4.69, 9.17) is 22.1 Å². The van der Waals surface area contributed by atoms with Crippen molar-refractivity contribution in [2.75, 3.05) is 12.8 Å². The van der Waals surface area contributed by atoms with Gasteiger partial charge in [-0.05, 0) is 18.2 Å². The second kappa shape index (κ2) is 4.48. The molecule has 5 heteroatoms. The molecular formula is C14H12ClN3O. The number of benzene rings is 2. The number of nitrogen functional groups attached to an aromatic ring is 1. The molecule has 0 aliphatic carbocycles. The van der Waals surface area contributed by atoms with Gasteiger partial charge in [-0.1, -0.05) is 23.7 Å². The quantitative estimate of drug-likeness (QED) is 0.703. The van der Waals surface area contributed by atoms with Crippen molar-refractivity contribution < 1.29 is 4.74 Å². The minimum atomic E-state index is 0.483. The van der Waals surface area contributed by atoms with Gasteiger partial charge in [-0.25, -0.2) is 4.98 Å². The molecular weight excluding hydrogens is 262 g/mol. The molecule has 3 aromatic rings. The molecule has 1 heterocycles. The standard InChI is InChI=1S/C14H12ClN3O/c1-19-13-7-10(16)9(15)6-8(13)14-17-11-4-2-3-5-12(11)18-14/h2-7H,16H2,1H3,(H,17,18). The number of anilines is 1. The first-order valence-corrected chi connectivity index (χ1v) is 6.15. The number of aromatic amines is 1. The number of aromatic nitrogens is 2. The second-order valence-electron chi connectivity index (χ2n) is 4.18. The Hall–Kier alpha value is -2.20. The first kappa shape index (κ1) is 11.9. The number of nitrogens with one attached hydrogen (secondary N) is 1. The van der Waals surface area contributed by atoms with E-state index in [0.717, 1.165) is 16.6 Å². The fraction of sp³-hybridized carbons (Fsp3) is 0.0714. The molecule has 19 heavy (non-hydrogen) atoms. The lowest BCUT2D eigenvalue weighted by Gasteiger charge is -2.08. The number of hydrogen-bond donors (Lipinski definition) is 2. The number of nitrogens with zero attached hydrogens (tertiary/aromatic N) is 1. The van der Waals surface area contributed by atoms with Crippen LogP contribution in [0.2, 0.25) is 5.02 Å². The van der Waals surface area contributed by atoms with Crippen LogP contribution in [0.15, 0.2) is 36.4 Å². The lowest BCUT2D eigenvalue weighted by molar-refractivity contribution is 0.416. The maximum Gasteiger partial charge on any atom is 0.142 e. The molecule has 2 aromatic carbocycles. The summed E-state index contributed by atoms with van der Waals surface area (Å²) in [5.74, 6) is 1.35. The van der Waals surface area contributed by atoms with Gasteiger partial charge in [0.1, 0.15) is 11.6 Å². The van der Waals surface area contributed by atoms with Crippen LogP contribution in [0, 0.1) is 0 Å². The molecule has 0 saturated heterocycles. The number of halogens is 1. The lowest BCUT2D eigenvalue weighted by Crippen LogP contribution is -1.93. The van der Waals surface area contributed by atoms with Crippen molar-refractivity contribution in [1.82, 2.24) is 9.97 Å². The van der Waals surface area contributed by atoms with Crippen molar-refractivity contribution in [2.24, 2.45) is 0 Å². The van der Waals surface area contributed by atoms with Gasteiger partial charge < -0.3 is 15.5 Å². The van der Waals surface area contributed by atoms with E-state index in [1.54, 1.807) is 19.2 Å². The summed E-state index contributed by atoms with van der Waals surface area (Å²) in [7, 11) is 1.59. The minimum Gasteiger partial charge on any atom is -0.496 e. The second-order valence-corrected chi connectivity index (χ2v) is 4.58. The number of H-pyrrole nitrogens is 1. The van der Waals surface area contributed by atoms with E-state index in [0.29, 0.717) is 22.3 Å². The summed E-state index contributed by atoms with van der Waals surface area (Å²) in [6.45, 7) is 0. The molecule has 0 radical (unpaired) electrons. The summed E-state index contributed by atoms with van der Waals surface area (Å²) in [6, 6.07) is 11.3. The Morgan fingerprint density at radius 3 is 2.79 bits per heavy atom. The van der Waals surface area contributed by atoms with Crippen molar-refractivity contribution in [3.63, 3.8) is 0 Å². The number of fused-ring (bicyclic) bond motifs is 1. The number of hydrogen-bond acceptors (Lipinski definition) is 3. The molecule has 3 N–H and O–H groups in total. The number of nitrogens with two attached hydrogens (primary N) is 1. The van der Waals surface area contributed by atoms with Gasteiger partial charge in [-0.15, -0.1) is 0 Å². The fourth-order valence-electron chi connectivity index (χ4n) is 2.00. The van der Waals surface area contributed by atoms with Crippen molar-refractivity contribution in [3.8, 4) is 17.1 Å². The highest BCUT2D eigenvalue weighted by molar-refractivity contribution is 6.33. The molecule has 0 amide bonds. The van der Waals surface area contributed by atoms with Crippen LogP contribution in [0.3, 0.4) is 0 Å². The molecule has 0 bridgehead atoms. The zero-order valence-corrected chi connectivity index (χ0v) is 11.0. The molecule has 0 aliphatic heterocycles. The molecule has 0 atom stereocenters. The molecule has 3 rings (SSSR count). The Labute approximate surface area is 115 Å². The number of ether oxygens (including phenoxy) is 1. The summed E-state index contributed by atoms with van der Waals surface area (Å²) in [6.07, 6.45) is 0. The van der Waals surface area contributed by atoms with E-state index in [9.17, 15) is 0 Å². The van der Waals surface area contributed by atoms with Crippen molar-refractivity contribution >= 4 is 28.3 Å². The lowest BCUT2D eigenvalue weighted by atomic mass is 10.1. The van der Waals surface area contributed by atoms with Crippen LogP contribution in [0.5, 0.6) is 5.75 Å². The Kier molecular flexibility index (Phi) is 2.80. The third-order valence-corrected chi connectivity index (χ3v) is 3.29. The summed E-state index contributed by atoms with van der Waals surface area (Å²) in [4.78, 5) is 7.77. The summed E-state index contributed by atoms with van der Waals surface area (Å²) in [5, 5.41) is 0.483. The Balaban J connectivity index is 2.22. The van der Waals surface area contributed by atoms with E-state index in [1.165, 1.54) is 0 Å². The van der Waals surface area contributed by atoms with E-state index in [2.05, 4.69) is 9.97 Å². The summed E-state index contributed by atoms with van der Waals surface area (Å²) >= 11 is 6.07. The van der Waals surface area contributed by atoms with Crippen LogP contribution < -0.4 is 10.5 Å². The van der Waals surface area contributed by atoms with Crippen LogP contribution in [0.1, 0.15) is 0 Å². The molecule has 0 aliphatic rings. The predicted molar refractivity (Wildman–Crippen MR) is 77.5 cm³/mol. The van der Waals surface area contributed by atoms with E-state index in [-0.39, 0.29) is 0 Å². The third kappa shape index (κ3) is 2.00. The SMILES string of the molecule is COc1cc(N)c(Cl)cc1-c1nc2ccccc2[nH]1. The highest BCUT2D eigenvalue weighted by Gasteiger charge is 2.13. The van der Waals surface area contributed by atoms with Crippen LogP contribution in [0.25, 0.3) is 22.4 Å². The van der Waals surface area contributed by atoms with E-state index >= 15 is 0 Å². The van der Waals surface area contributed by atoms with Gasteiger partial charge in [-0.3, -0.25) is 0 Å². The van der Waals surface area contributed by atoms with Gasteiger partial charge in [0.15, 0.2) is 0 Å². The first-order valence-electron chi connectivity index (χ1n) is 5.77. The highest BCUT2D eigenvalue weighted by atomic mass is 35.5. The largest absolute Gasteiger partial charge is 0.496 e. The molecule has 1 aromatic heterocycles. The average molecular weight is 274 g/mol. The van der Waals surface area contributed by atoms with E-state index in [1.807, 2.05) is 24.3 Å².